The first kappa shape index (κ1) is 36.8. The molecule has 1 saturated heterocycles. The summed E-state index contributed by atoms with van der Waals surface area (Å²) in [6.45, 7) is 10.7. The van der Waals surface area contributed by atoms with Gasteiger partial charge in [-0.2, -0.15) is 31.3 Å². The smallest absolute Gasteiger partial charge is 0.417 e. The maximum Gasteiger partial charge on any atom is 0.417 e. The fraction of sp³-hybridized carbons (Fsp3) is 0.471. The Labute approximate surface area is 295 Å². The molecule has 5 aromatic rings. The van der Waals surface area contributed by atoms with Crippen molar-refractivity contribution in [3.63, 3.8) is 0 Å². The summed E-state index contributed by atoms with van der Waals surface area (Å²) in [4.78, 5) is 31.8. The minimum atomic E-state index is -4.60. The number of amides is 1. The Hall–Kier alpha value is -5.00. The van der Waals surface area contributed by atoms with Gasteiger partial charge in [-0.05, 0) is 64.4 Å². The molecule has 18 heteroatoms. The Morgan fingerprint density at radius 2 is 1.60 bits per heavy atom. The molecule has 5 heterocycles. The number of rotatable bonds is 7. The number of nitrogens with zero attached hydrogens (tertiary/aromatic N) is 10. The average Bonchev–Trinajstić information content (AvgIpc) is 3.71. The van der Waals surface area contributed by atoms with E-state index < -0.39 is 41.2 Å². The number of carbonyl (C=O) groups is 1. The van der Waals surface area contributed by atoms with Crippen molar-refractivity contribution in [2.24, 2.45) is 0 Å². The number of halogens is 6. The lowest BCUT2D eigenvalue weighted by Gasteiger charge is -2.47. The van der Waals surface area contributed by atoms with Gasteiger partial charge in [-0.1, -0.05) is 12.1 Å². The summed E-state index contributed by atoms with van der Waals surface area (Å²) < 4.78 is 89.7. The fourth-order valence-electron chi connectivity index (χ4n) is 6.37. The predicted octanol–water partition coefficient (Wildman–Crippen LogP) is 6.46. The second-order valence-electron chi connectivity index (χ2n) is 14.0. The van der Waals surface area contributed by atoms with Crippen molar-refractivity contribution < 1.29 is 35.9 Å². The van der Waals surface area contributed by atoms with Gasteiger partial charge in [-0.3, -0.25) is 9.88 Å². The van der Waals surface area contributed by atoms with Gasteiger partial charge in [0.2, 0.25) is 0 Å². The van der Waals surface area contributed by atoms with Crippen LogP contribution in [-0.2, 0) is 23.6 Å². The van der Waals surface area contributed by atoms with E-state index in [1.807, 2.05) is 23.3 Å². The van der Waals surface area contributed by atoms with Crippen LogP contribution in [-0.4, -0.2) is 94.4 Å². The molecule has 0 radical (unpaired) electrons. The maximum absolute atomic E-state index is 13.4. The van der Waals surface area contributed by atoms with E-state index >= 15 is 0 Å². The molecular formula is C34H38F6N10O2. The molecule has 1 fully saturated rings. The number of carbonyl (C=O) groups excluding carboxylic acids is 1. The molecule has 0 spiro atoms. The van der Waals surface area contributed by atoms with Gasteiger partial charge in [0.05, 0.1) is 29.2 Å². The summed E-state index contributed by atoms with van der Waals surface area (Å²) >= 11 is 0. The van der Waals surface area contributed by atoms with Crippen molar-refractivity contribution in [3.8, 4) is 0 Å². The van der Waals surface area contributed by atoms with Crippen molar-refractivity contribution in [1.82, 2.24) is 43.9 Å². The molecule has 0 bridgehead atoms. The number of anilines is 1. The molecule has 4 aromatic heterocycles. The van der Waals surface area contributed by atoms with E-state index in [1.165, 1.54) is 29.4 Å². The number of pyridine rings is 1. The number of benzene rings is 1. The number of aromatic nitrogens is 7. The lowest BCUT2D eigenvalue weighted by molar-refractivity contribution is -0.138. The standard InChI is InChI=1S/C34H38F6N10O2/c1-20-17-49(28-26-29(50-19-43-45-30(50)44-28)47(18-42-26)14-13-46(6)31(51)52-32(3,4)5)21(2)16-48(20)27(22-7-9-23(10-8-22)33(35,36)37)25-12-11-24(15-41-25)34(38,39)40/h7-12,15,18-21,27H,13-14,16-17H2,1-6H3/t20-,21+,27?/m1/s1. The molecule has 1 aliphatic rings. The van der Waals surface area contributed by atoms with Crippen LogP contribution in [0.15, 0.2) is 55.2 Å². The van der Waals surface area contributed by atoms with E-state index in [0.717, 1.165) is 24.4 Å². The molecule has 3 atom stereocenters. The largest absolute Gasteiger partial charge is 0.444 e. The van der Waals surface area contributed by atoms with Crippen LogP contribution in [0.3, 0.4) is 0 Å². The summed E-state index contributed by atoms with van der Waals surface area (Å²) in [5.74, 6) is 0.857. The van der Waals surface area contributed by atoms with E-state index in [9.17, 15) is 31.1 Å². The molecule has 1 aliphatic heterocycles. The van der Waals surface area contributed by atoms with Crippen molar-refractivity contribution in [3.05, 3.63) is 77.6 Å². The fourth-order valence-corrected chi connectivity index (χ4v) is 6.37. The Morgan fingerprint density at radius 3 is 2.21 bits per heavy atom. The van der Waals surface area contributed by atoms with Gasteiger partial charge in [-0.25, -0.2) is 14.2 Å². The number of ether oxygens (including phenoxy) is 1. The van der Waals surface area contributed by atoms with Gasteiger partial charge in [-0.15, -0.1) is 10.2 Å². The Kier molecular flexibility index (Phi) is 9.56. The van der Waals surface area contributed by atoms with Gasteiger partial charge in [0.25, 0.3) is 5.78 Å². The van der Waals surface area contributed by atoms with Crippen LogP contribution >= 0.6 is 0 Å². The number of alkyl halides is 6. The van der Waals surface area contributed by atoms with Crippen LogP contribution < -0.4 is 4.90 Å². The molecule has 0 aliphatic carbocycles. The van der Waals surface area contributed by atoms with E-state index in [4.69, 9.17) is 14.7 Å². The SMILES string of the molecule is C[C@@H]1CN(c2nc3nncn3c3c2ncn3CCN(C)C(=O)OC(C)(C)C)[C@@H](C)CN1C(c1ccc(C(F)(F)F)cc1)c1ccc(C(F)(F)F)cn1. The Morgan fingerprint density at radius 1 is 0.923 bits per heavy atom. The zero-order valence-corrected chi connectivity index (χ0v) is 29.3. The monoisotopic (exact) mass is 732 g/mol. The third kappa shape index (κ3) is 7.47. The highest BCUT2D eigenvalue weighted by atomic mass is 19.4. The molecular weight excluding hydrogens is 694 g/mol. The summed E-state index contributed by atoms with van der Waals surface area (Å²) in [5.41, 5.74) is -0.481. The lowest BCUT2D eigenvalue weighted by atomic mass is 9.95. The second kappa shape index (κ2) is 13.5. The van der Waals surface area contributed by atoms with E-state index in [2.05, 4.69) is 20.1 Å². The molecule has 278 valence electrons. The first-order chi connectivity index (χ1) is 24.3. The van der Waals surface area contributed by atoms with Crippen LogP contribution in [0.1, 0.15) is 63.0 Å². The van der Waals surface area contributed by atoms with Crippen LogP contribution in [0.5, 0.6) is 0 Å². The Balaban J connectivity index is 1.32. The van der Waals surface area contributed by atoms with Gasteiger partial charge in [0.1, 0.15) is 17.4 Å². The minimum absolute atomic E-state index is 0.257. The molecule has 1 aromatic carbocycles. The maximum atomic E-state index is 13.4. The van der Waals surface area contributed by atoms with Gasteiger partial charge in [0, 0.05) is 51.5 Å². The summed E-state index contributed by atoms with van der Waals surface area (Å²) in [6, 6.07) is 5.51. The number of hydrogen-bond donors (Lipinski definition) is 0. The van der Waals surface area contributed by atoms with E-state index in [1.54, 1.807) is 38.5 Å². The number of hydrogen-bond acceptors (Lipinski definition) is 9. The van der Waals surface area contributed by atoms with E-state index in [0.29, 0.717) is 54.5 Å². The average molecular weight is 733 g/mol. The zero-order valence-electron chi connectivity index (χ0n) is 29.3. The normalized spacial score (nSPS) is 18.3. The minimum Gasteiger partial charge on any atom is -0.444 e. The van der Waals surface area contributed by atoms with Gasteiger partial charge in [0.15, 0.2) is 11.5 Å². The topological polar surface area (TPSA) is 110 Å². The van der Waals surface area contributed by atoms with Crippen molar-refractivity contribution in [2.75, 3.05) is 31.6 Å². The van der Waals surface area contributed by atoms with Crippen LogP contribution in [0.25, 0.3) is 16.9 Å². The Bertz CT molecular complexity index is 1980. The number of imidazole rings is 1. The predicted molar refractivity (Wildman–Crippen MR) is 178 cm³/mol. The third-order valence-electron chi connectivity index (χ3n) is 8.95. The number of fused-ring (bicyclic) bond motifs is 3. The molecule has 52 heavy (non-hydrogen) atoms. The van der Waals surface area contributed by atoms with Crippen molar-refractivity contribution in [1.29, 1.82) is 0 Å². The highest BCUT2D eigenvalue weighted by molar-refractivity contribution is 5.86. The number of likely N-dealkylation sites (N-methyl/N-ethyl adjacent to an activating group) is 1. The molecule has 1 amide bonds. The van der Waals surface area contributed by atoms with Gasteiger partial charge < -0.3 is 19.1 Å². The molecule has 1 unspecified atom stereocenters. The first-order valence-corrected chi connectivity index (χ1v) is 16.5. The summed E-state index contributed by atoms with van der Waals surface area (Å²) in [5, 5.41) is 8.25. The zero-order chi connectivity index (χ0) is 37.7. The summed E-state index contributed by atoms with van der Waals surface area (Å²) in [6.07, 6.45) is -5.70. The quantitative estimate of drug-likeness (QED) is 0.174. The van der Waals surface area contributed by atoms with Gasteiger partial charge >= 0.3 is 18.4 Å². The molecule has 0 saturated carbocycles. The molecule has 0 N–H and O–H groups in total. The van der Waals surface area contributed by atoms with Crippen LogP contribution in [0.2, 0.25) is 0 Å². The third-order valence-corrected chi connectivity index (χ3v) is 8.95. The first-order valence-electron chi connectivity index (χ1n) is 16.5. The van der Waals surface area contributed by atoms with Crippen LogP contribution in [0, 0.1) is 0 Å². The molecule has 12 nitrogen and oxygen atoms in total. The lowest BCUT2D eigenvalue weighted by Crippen LogP contribution is -2.57. The number of piperazine rings is 1. The van der Waals surface area contributed by atoms with Crippen LogP contribution in [0.4, 0.5) is 37.0 Å². The second-order valence-corrected chi connectivity index (χ2v) is 14.0. The molecule has 6 rings (SSSR count). The highest BCUT2D eigenvalue weighted by Gasteiger charge is 2.39. The summed E-state index contributed by atoms with van der Waals surface area (Å²) in [7, 11) is 1.65. The van der Waals surface area contributed by atoms with Crippen molar-refractivity contribution >= 4 is 28.9 Å². The van der Waals surface area contributed by atoms with Crippen molar-refractivity contribution in [2.45, 2.75) is 77.2 Å². The highest BCUT2D eigenvalue weighted by Crippen LogP contribution is 2.38. The van der Waals surface area contributed by atoms with E-state index in [-0.39, 0.29) is 17.8 Å².